The van der Waals surface area contributed by atoms with Crippen LogP contribution >= 0.6 is 11.8 Å². The van der Waals surface area contributed by atoms with Gasteiger partial charge in [-0.2, -0.15) is 0 Å². The van der Waals surface area contributed by atoms with E-state index >= 15 is 0 Å². The first kappa shape index (κ1) is 21.2. The Hall–Kier alpha value is -2.10. The highest BCUT2D eigenvalue weighted by Gasteiger charge is 2.51. The Morgan fingerprint density at radius 2 is 1.44 bits per heavy atom. The fourth-order valence-corrected chi connectivity index (χ4v) is 3.86. The largest absolute Gasteiger partial charge is 0.456 e. The molecule has 1 heterocycles. The zero-order valence-electron chi connectivity index (χ0n) is 15.2. The van der Waals surface area contributed by atoms with Crippen molar-refractivity contribution in [1.82, 2.24) is 0 Å². The molecular weight excluding hydrogens is 376 g/mol. The van der Waals surface area contributed by atoms with Crippen LogP contribution in [0.1, 0.15) is 20.8 Å². The monoisotopic (exact) mass is 398 g/mol. The van der Waals surface area contributed by atoms with Crippen molar-refractivity contribution in [3.8, 4) is 0 Å². The van der Waals surface area contributed by atoms with Crippen LogP contribution in [0.2, 0.25) is 0 Å². The first-order chi connectivity index (χ1) is 12.8. The highest BCUT2D eigenvalue weighted by atomic mass is 32.2. The molecule has 0 spiro atoms. The number of benzene rings is 1. The van der Waals surface area contributed by atoms with E-state index in [9.17, 15) is 19.5 Å². The van der Waals surface area contributed by atoms with Gasteiger partial charge in [0.15, 0.2) is 18.3 Å². The maximum absolute atomic E-state index is 11.6. The molecule has 1 saturated heterocycles. The summed E-state index contributed by atoms with van der Waals surface area (Å²) in [5, 5.41) is 9.70. The molecule has 0 saturated carbocycles. The number of aliphatic hydroxyl groups is 1. The number of thioether (sulfide) groups is 1. The first-order valence-corrected chi connectivity index (χ1v) is 9.19. The van der Waals surface area contributed by atoms with Gasteiger partial charge in [-0.15, -0.1) is 0 Å². The van der Waals surface area contributed by atoms with Crippen molar-refractivity contribution in [2.24, 2.45) is 0 Å². The quantitative estimate of drug-likeness (QED) is 0.560. The highest BCUT2D eigenvalue weighted by Crippen LogP contribution is 2.37. The van der Waals surface area contributed by atoms with Gasteiger partial charge in [0.05, 0.1) is 6.61 Å². The molecule has 27 heavy (non-hydrogen) atoms. The molecular formula is C18H22O8S. The molecule has 1 unspecified atom stereocenters. The van der Waals surface area contributed by atoms with Crippen LogP contribution in [0.15, 0.2) is 35.2 Å². The van der Waals surface area contributed by atoms with Crippen LogP contribution in [0.4, 0.5) is 0 Å². The zero-order chi connectivity index (χ0) is 20.0. The van der Waals surface area contributed by atoms with Crippen molar-refractivity contribution in [2.75, 3.05) is 6.61 Å². The number of hydrogen-bond donors (Lipinski definition) is 1. The summed E-state index contributed by atoms with van der Waals surface area (Å²) in [7, 11) is 0. The summed E-state index contributed by atoms with van der Waals surface area (Å²) >= 11 is 1.24. The minimum Gasteiger partial charge on any atom is -0.456 e. The van der Waals surface area contributed by atoms with Gasteiger partial charge in [0.2, 0.25) is 0 Å². The summed E-state index contributed by atoms with van der Waals surface area (Å²) in [6, 6.07) is 9.20. The third-order valence-corrected chi connectivity index (χ3v) is 4.83. The third-order valence-electron chi connectivity index (χ3n) is 3.67. The smallest absolute Gasteiger partial charge is 0.303 e. The van der Waals surface area contributed by atoms with Gasteiger partial charge in [-0.1, -0.05) is 30.0 Å². The maximum Gasteiger partial charge on any atom is 0.303 e. The average Bonchev–Trinajstić information content (AvgIpc) is 2.59. The fourth-order valence-electron chi connectivity index (χ4n) is 2.73. The number of esters is 3. The van der Waals surface area contributed by atoms with Crippen molar-refractivity contribution >= 4 is 29.7 Å². The van der Waals surface area contributed by atoms with E-state index in [1.165, 1.54) is 32.5 Å². The molecule has 1 aromatic carbocycles. The van der Waals surface area contributed by atoms with Crippen LogP contribution in [0.25, 0.3) is 0 Å². The molecule has 9 heteroatoms. The van der Waals surface area contributed by atoms with E-state index in [0.717, 1.165) is 4.90 Å². The number of carbonyl (C=O) groups excluding carboxylic acids is 3. The molecule has 5 atom stereocenters. The van der Waals surface area contributed by atoms with Gasteiger partial charge in [0, 0.05) is 25.7 Å². The summed E-state index contributed by atoms with van der Waals surface area (Å²) in [5.74, 6) is -1.89. The maximum atomic E-state index is 11.6. The molecule has 0 aliphatic carbocycles. The Labute approximate surface area is 161 Å². The van der Waals surface area contributed by atoms with Crippen LogP contribution in [0.3, 0.4) is 0 Å². The second-order valence-corrected chi connectivity index (χ2v) is 7.05. The lowest BCUT2D eigenvalue weighted by atomic mass is 9.99. The van der Waals surface area contributed by atoms with Crippen LogP contribution in [-0.4, -0.2) is 59.5 Å². The highest BCUT2D eigenvalue weighted by molar-refractivity contribution is 7.99. The minimum atomic E-state index is -1.12. The number of hydrogen-bond acceptors (Lipinski definition) is 9. The van der Waals surface area contributed by atoms with E-state index in [2.05, 4.69) is 0 Å². The van der Waals surface area contributed by atoms with E-state index in [4.69, 9.17) is 18.9 Å². The molecule has 1 fully saturated rings. The van der Waals surface area contributed by atoms with Crippen molar-refractivity contribution in [2.45, 2.75) is 55.5 Å². The molecule has 1 N–H and O–H groups in total. The lowest BCUT2D eigenvalue weighted by molar-refractivity contribution is -0.236. The van der Waals surface area contributed by atoms with Crippen molar-refractivity contribution in [1.29, 1.82) is 0 Å². The summed E-state index contributed by atoms with van der Waals surface area (Å²) in [6.07, 6.45) is -4.23. The molecule has 0 aromatic heterocycles. The number of aliphatic hydroxyl groups excluding tert-OH is 1. The van der Waals surface area contributed by atoms with Gasteiger partial charge < -0.3 is 24.1 Å². The van der Waals surface area contributed by atoms with Gasteiger partial charge >= 0.3 is 17.9 Å². The predicted molar refractivity (Wildman–Crippen MR) is 94.7 cm³/mol. The summed E-state index contributed by atoms with van der Waals surface area (Å²) in [4.78, 5) is 35.6. The number of ether oxygens (including phenoxy) is 4. The lowest BCUT2D eigenvalue weighted by Gasteiger charge is -2.43. The van der Waals surface area contributed by atoms with Gasteiger partial charge in [-0.05, 0) is 12.1 Å². The lowest BCUT2D eigenvalue weighted by Crippen LogP contribution is -2.61. The topological polar surface area (TPSA) is 108 Å². The summed E-state index contributed by atoms with van der Waals surface area (Å²) < 4.78 is 21.7. The molecule has 0 amide bonds. The van der Waals surface area contributed by atoms with Crippen LogP contribution in [-0.2, 0) is 33.3 Å². The van der Waals surface area contributed by atoms with Crippen molar-refractivity contribution in [3.63, 3.8) is 0 Å². The van der Waals surface area contributed by atoms with Crippen molar-refractivity contribution < 1.29 is 38.4 Å². The molecule has 0 radical (unpaired) electrons. The molecule has 2 rings (SSSR count). The third kappa shape index (κ3) is 5.95. The van der Waals surface area contributed by atoms with E-state index in [1.54, 1.807) is 0 Å². The summed E-state index contributed by atoms with van der Waals surface area (Å²) in [5.41, 5.74) is -0.787. The normalized spacial score (nSPS) is 27.5. The van der Waals surface area contributed by atoms with Gasteiger partial charge in [-0.3, -0.25) is 14.4 Å². The molecule has 8 nitrogen and oxygen atoms in total. The van der Waals surface area contributed by atoms with Crippen LogP contribution < -0.4 is 0 Å². The number of carbonyl (C=O) groups is 3. The second-order valence-electron chi connectivity index (χ2n) is 5.88. The molecule has 1 aromatic rings. The fraction of sp³-hybridized carbons (Fsp3) is 0.500. The van der Waals surface area contributed by atoms with Gasteiger partial charge in [0.25, 0.3) is 0 Å². The predicted octanol–water partition coefficient (Wildman–Crippen LogP) is 1.29. The molecule has 1 aliphatic heterocycles. The van der Waals surface area contributed by atoms with E-state index < -0.39 is 54.4 Å². The zero-order valence-corrected chi connectivity index (χ0v) is 16.0. The Balaban J connectivity index is 2.38. The Bertz CT molecular complexity index is 665. The molecule has 1 aliphatic rings. The van der Waals surface area contributed by atoms with Crippen molar-refractivity contribution in [3.05, 3.63) is 30.3 Å². The van der Waals surface area contributed by atoms with Gasteiger partial charge in [0.1, 0.15) is 11.5 Å². The van der Waals surface area contributed by atoms with E-state index in [0.29, 0.717) is 0 Å². The summed E-state index contributed by atoms with van der Waals surface area (Å²) in [6.45, 7) is 3.12. The van der Waals surface area contributed by atoms with Gasteiger partial charge in [-0.25, -0.2) is 0 Å². The van der Waals surface area contributed by atoms with Crippen LogP contribution in [0.5, 0.6) is 0 Å². The molecule has 148 valence electrons. The Kier molecular flexibility index (Phi) is 7.64. The van der Waals surface area contributed by atoms with E-state index in [-0.39, 0.29) is 0 Å². The first-order valence-electron chi connectivity index (χ1n) is 8.31. The van der Waals surface area contributed by atoms with E-state index in [1.807, 2.05) is 30.3 Å². The molecule has 0 bridgehead atoms. The second kappa shape index (κ2) is 9.72. The Morgan fingerprint density at radius 3 is 1.96 bits per heavy atom. The minimum absolute atomic E-state index is 0.478. The number of rotatable bonds is 6. The Morgan fingerprint density at radius 1 is 0.926 bits per heavy atom. The average molecular weight is 398 g/mol. The SMILES string of the molecule is CC(=O)O[C@H]1[C@H](OC(C)=O)[C@@H](OC(C)=O)C(Sc2ccccc2)O[C@@H]1CO. The standard InChI is InChI=1S/C18H22O8S/c1-10(20)23-15-14(9-19)26-18(27-13-7-5-4-6-8-13)17(25-12(3)22)16(15)24-11(2)21/h4-8,14-19H,9H2,1-3H3/t14-,15-,16+,17-,18?/m1/s1. The van der Waals surface area contributed by atoms with Crippen LogP contribution in [0, 0.1) is 0 Å².